The van der Waals surface area contributed by atoms with Crippen LogP contribution in [-0.4, -0.2) is 17.8 Å². The average Bonchev–Trinajstić information content (AvgIpc) is 2.68. The Kier molecular flexibility index (Phi) is 5.67. The first-order valence-electron chi connectivity index (χ1n) is 8.77. The lowest BCUT2D eigenvalue weighted by molar-refractivity contribution is -0.122. The molecule has 0 aliphatic carbocycles. The molecule has 0 fully saturated rings. The summed E-state index contributed by atoms with van der Waals surface area (Å²) in [6.07, 6.45) is -0.666. The molecule has 4 nitrogen and oxygen atoms in total. The average molecular weight is 359 g/mol. The maximum absolute atomic E-state index is 12.4. The van der Waals surface area contributed by atoms with Crippen molar-refractivity contribution in [3.05, 3.63) is 95.6 Å². The van der Waals surface area contributed by atoms with Gasteiger partial charge in [0.15, 0.2) is 11.9 Å². The maximum Gasteiger partial charge on any atom is 0.265 e. The minimum absolute atomic E-state index is 0.0487. The molecule has 27 heavy (non-hydrogen) atoms. The molecule has 1 atom stereocenters. The minimum Gasteiger partial charge on any atom is -0.481 e. The Hall–Kier alpha value is -3.40. The second kappa shape index (κ2) is 8.32. The predicted molar refractivity (Wildman–Crippen MR) is 106 cm³/mol. The van der Waals surface area contributed by atoms with E-state index in [0.717, 1.165) is 11.3 Å². The first-order valence-corrected chi connectivity index (χ1v) is 8.77. The van der Waals surface area contributed by atoms with Crippen molar-refractivity contribution < 1.29 is 14.3 Å². The number of hydrogen-bond acceptors (Lipinski definition) is 3. The predicted octanol–water partition coefficient (Wildman–Crippen LogP) is 4.63. The molecule has 3 aromatic carbocycles. The summed E-state index contributed by atoms with van der Waals surface area (Å²) in [4.78, 5) is 24.7. The molecule has 0 radical (unpaired) electrons. The number of carbonyl (C=O) groups is 2. The Morgan fingerprint density at radius 2 is 1.52 bits per heavy atom. The normalized spacial score (nSPS) is 11.5. The van der Waals surface area contributed by atoms with Crippen LogP contribution in [0, 0.1) is 6.92 Å². The highest BCUT2D eigenvalue weighted by Gasteiger charge is 2.15. The molecule has 0 spiro atoms. The van der Waals surface area contributed by atoms with E-state index in [1.807, 2.05) is 49.4 Å². The lowest BCUT2D eigenvalue weighted by atomic mass is 10.0. The molecule has 3 rings (SSSR count). The fourth-order valence-corrected chi connectivity index (χ4v) is 2.67. The Labute approximate surface area is 158 Å². The number of hydrogen-bond donors (Lipinski definition) is 1. The third kappa shape index (κ3) is 4.82. The summed E-state index contributed by atoms with van der Waals surface area (Å²) in [5, 5.41) is 2.84. The molecule has 136 valence electrons. The number of ketones is 1. The third-order valence-corrected chi connectivity index (χ3v) is 4.12. The number of nitrogens with one attached hydrogen (secondary N) is 1. The molecular formula is C23H21NO3. The summed E-state index contributed by atoms with van der Waals surface area (Å²) in [7, 11) is 0. The summed E-state index contributed by atoms with van der Waals surface area (Å²) in [5.41, 5.74) is 3.02. The van der Waals surface area contributed by atoms with Crippen molar-refractivity contribution in [1.29, 1.82) is 0 Å². The summed E-state index contributed by atoms with van der Waals surface area (Å²) in [6.45, 7) is 3.65. The Bertz CT molecular complexity index is 933. The van der Waals surface area contributed by atoms with Crippen LogP contribution < -0.4 is 10.1 Å². The van der Waals surface area contributed by atoms with Crippen molar-refractivity contribution in [2.24, 2.45) is 0 Å². The summed E-state index contributed by atoms with van der Waals surface area (Å²) >= 11 is 0. The summed E-state index contributed by atoms with van der Waals surface area (Å²) in [6, 6.07) is 23.5. The lowest BCUT2D eigenvalue weighted by Crippen LogP contribution is -2.30. The number of ether oxygens (including phenoxy) is 1. The van der Waals surface area contributed by atoms with Gasteiger partial charge in [0.25, 0.3) is 5.91 Å². The SMILES string of the molecule is Cc1cccc(NC(=O)[C@H](C)Oc2ccc(C(=O)c3ccccc3)cc2)c1. The summed E-state index contributed by atoms with van der Waals surface area (Å²) < 4.78 is 5.70. The Morgan fingerprint density at radius 3 is 2.19 bits per heavy atom. The molecule has 0 aliphatic rings. The monoisotopic (exact) mass is 359 g/mol. The smallest absolute Gasteiger partial charge is 0.265 e. The van der Waals surface area contributed by atoms with Gasteiger partial charge in [-0.15, -0.1) is 0 Å². The number of anilines is 1. The number of aryl methyl sites for hydroxylation is 1. The van der Waals surface area contributed by atoms with Gasteiger partial charge in [-0.05, 0) is 55.8 Å². The van der Waals surface area contributed by atoms with E-state index in [0.29, 0.717) is 16.9 Å². The van der Waals surface area contributed by atoms with E-state index in [1.54, 1.807) is 43.3 Å². The van der Waals surface area contributed by atoms with Gasteiger partial charge in [-0.3, -0.25) is 9.59 Å². The van der Waals surface area contributed by atoms with E-state index in [-0.39, 0.29) is 11.7 Å². The van der Waals surface area contributed by atoms with E-state index >= 15 is 0 Å². The van der Waals surface area contributed by atoms with Crippen LogP contribution in [-0.2, 0) is 4.79 Å². The second-order valence-electron chi connectivity index (χ2n) is 6.34. The van der Waals surface area contributed by atoms with Crippen LogP contribution in [0.3, 0.4) is 0 Å². The van der Waals surface area contributed by atoms with Crippen LogP contribution in [0.1, 0.15) is 28.4 Å². The van der Waals surface area contributed by atoms with Gasteiger partial charge in [0.05, 0.1) is 0 Å². The van der Waals surface area contributed by atoms with Gasteiger partial charge in [-0.25, -0.2) is 0 Å². The Morgan fingerprint density at radius 1 is 0.852 bits per heavy atom. The van der Waals surface area contributed by atoms with Crippen LogP contribution in [0.4, 0.5) is 5.69 Å². The lowest BCUT2D eigenvalue weighted by Gasteiger charge is -2.15. The molecule has 3 aromatic rings. The van der Waals surface area contributed by atoms with Crippen LogP contribution >= 0.6 is 0 Å². The number of amides is 1. The Balaban J connectivity index is 1.62. The third-order valence-electron chi connectivity index (χ3n) is 4.12. The van der Waals surface area contributed by atoms with E-state index in [4.69, 9.17) is 4.74 Å². The fourth-order valence-electron chi connectivity index (χ4n) is 2.67. The molecule has 0 aromatic heterocycles. The quantitative estimate of drug-likeness (QED) is 0.653. The van der Waals surface area contributed by atoms with E-state index in [2.05, 4.69) is 5.32 Å². The first-order chi connectivity index (χ1) is 13.0. The molecule has 0 unspecified atom stereocenters. The highest BCUT2D eigenvalue weighted by Crippen LogP contribution is 2.17. The molecule has 0 bridgehead atoms. The van der Waals surface area contributed by atoms with E-state index < -0.39 is 6.10 Å². The van der Waals surface area contributed by atoms with Crippen molar-refractivity contribution in [3.63, 3.8) is 0 Å². The van der Waals surface area contributed by atoms with E-state index in [9.17, 15) is 9.59 Å². The van der Waals surface area contributed by atoms with Crippen molar-refractivity contribution in [2.75, 3.05) is 5.32 Å². The highest BCUT2D eigenvalue weighted by atomic mass is 16.5. The highest BCUT2D eigenvalue weighted by molar-refractivity contribution is 6.09. The number of rotatable bonds is 6. The molecule has 0 aliphatic heterocycles. The van der Waals surface area contributed by atoms with Crippen molar-refractivity contribution in [2.45, 2.75) is 20.0 Å². The van der Waals surface area contributed by atoms with Gasteiger partial charge >= 0.3 is 0 Å². The zero-order valence-corrected chi connectivity index (χ0v) is 15.3. The molecule has 4 heteroatoms. The van der Waals surface area contributed by atoms with Crippen molar-refractivity contribution >= 4 is 17.4 Å². The van der Waals surface area contributed by atoms with Crippen LogP contribution in [0.15, 0.2) is 78.9 Å². The minimum atomic E-state index is -0.666. The maximum atomic E-state index is 12.4. The topological polar surface area (TPSA) is 55.4 Å². The van der Waals surface area contributed by atoms with Gasteiger partial charge in [0.1, 0.15) is 5.75 Å². The molecule has 0 heterocycles. The van der Waals surface area contributed by atoms with Crippen LogP contribution in [0.25, 0.3) is 0 Å². The summed E-state index contributed by atoms with van der Waals surface area (Å²) in [5.74, 6) is 0.254. The molecule has 0 saturated heterocycles. The van der Waals surface area contributed by atoms with E-state index in [1.165, 1.54) is 0 Å². The first kappa shape index (κ1) is 18.4. The van der Waals surface area contributed by atoms with Gasteiger partial charge < -0.3 is 10.1 Å². The van der Waals surface area contributed by atoms with Gasteiger partial charge in [0, 0.05) is 16.8 Å². The second-order valence-corrected chi connectivity index (χ2v) is 6.34. The van der Waals surface area contributed by atoms with Gasteiger partial charge in [0.2, 0.25) is 0 Å². The molecular weight excluding hydrogens is 338 g/mol. The van der Waals surface area contributed by atoms with Crippen LogP contribution in [0.5, 0.6) is 5.75 Å². The van der Waals surface area contributed by atoms with Crippen LogP contribution in [0.2, 0.25) is 0 Å². The van der Waals surface area contributed by atoms with Gasteiger partial charge in [-0.2, -0.15) is 0 Å². The standard InChI is InChI=1S/C23H21NO3/c1-16-7-6-10-20(15-16)24-23(26)17(2)27-21-13-11-19(12-14-21)22(25)18-8-4-3-5-9-18/h3-15,17H,1-2H3,(H,24,26)/t17-/m0/s1. The largest absolute Gasteiger partial charge is 0.481 e. The van der Waals surface area contributed by atoms with Crippen molar-refractivity contribution in [3.8, 4) is 5.75 Å². The number of benzene rings is 3. The number of carbonyl (C=O) groups excluding carboxylic acids is 2. The molecule has 1 amide bonds. The zero-order chi connectivity index (χ0) is 19.2. The van der Waals surface area contributed by atoms with Gasteiger partial charge in [-0.1, -0.05) is 42.5 Å². The van der Waals surface area contributed by atoms with Crippen molar-refractivity contribution in [1.82, 2.24) is 0 Å². The molecule has 1 N–H and O–H groups in total. The fraction of sp³-hybridized carbons (Fsp3) is 0.130. The zero-order valence-electron chi connectivity index (χ0n) is 15.3. The molecule has 0 saturated carbocycles.